The topological polar surface area (TPSA) is 69.0 Å². The Kier molecular flexibility index (Phi) is 6.72. The van der Waals surface area contributed by atoms with Gasteiger partial charge >= 0.3 is 0 Å². The number of nitrogens with zero attached hydrogens (tertiary/aromatic N) is 2. The van der Waals surface area contributed by atoms with Gasteiger partial charge in [-0.15, -0.1) is 0 Å². The molecule has 2 aromatic heterocycles. The van der Waals surface area contributed by atoms with E-state index in [0.717, 1.165) is 46.2 Å². The van der Waals surface area contributed by atoms with Crippen LogP contribution in [0.2, 0.25) is 0 Å². The van der Waals surface area contributed by atoms with Gasteiger partial charge in [-0.2, -0.15) is 0 Å². The summed E-state index contributed by atoms with van der Waals surface area (Å²) in [6, 6.07) is 37.5. The maximum atomic E-state index is 5.50. The van der Waals surface area contributed by atoms with Crippen LogP contribution < -0.4 is 10.1 Å². The van der Waals surface area contributed by atoms with Crippen molar-refractivity contribution in [3.63, 3.8) is 0 Å². The molecule has 208 valence electrons. The lowest BCUT2D eigenvalue weighted by Gasteiger charge is -2.44. The van der Waals surface area contributed by atoms with Crippen LogP contribution in [-0.2, 0) is 13.0 Å². The van der Waals surface area contributed by atoms with Crippen molar-refractivity contribution in [2.45, 2.75) is 25.0 Å². The van der Waals surface area contributed by atoms with Crippen molar-refractivity contribution < 1.29 is 4.74 Å². The Morgan fingerprint density at radius 3 is 2.38 bits per heavy atom. The summed E-state index contributed by atoms with van der Waals surface area (Å²) in [6.45, 7) is 5.28. The van der Waals surface area contributed by atoms with Crippen LogP contribution in [-0.4, -0.2) is 27.0 Å². The maximum absolute atomic E-state index is 5.50. The van der Waals surface area contributed by atoms with E-state index in [-0.39, 0.29) is 12.1 Å². The molecule has 0 saturated carbocycles. The van der Waals surface area contributed by atoms with E-state index in [4.69, 9.17) is 9.72 Å². The smallest absolute Gasteiger partial charge is 0.129 e. The Morgan fingerprint density at radius 2 is 1.62 bits per heavy atom. The molecule has 2 atom stereocenters. The third-order valence-corrected chi connectivity index (χ3v) is 8.21. The Labute approximate surface area is 245 Å². The molecule has 1 aliphatic heterocycles. The number of benzene rings is 4. The van der Waals surface area contributed by atoms with E-state index in [1.165, 1.54) is 22.2 Å². The molecular weight excluding hydrogens is 518 g/mol. The summed E-state index contributed by atoms with van der Waals surface area (Å²) in [5.41, 5.74) is 8.07. The fourth-order valence-electron chi connectivity index (χ4n) is 6.13. The van der Waals surface area contributed by atoms with Gasteiger partial charge in [0.15, 0.2) is 0 Å². The molecule has 0 bridgehead atoms. The predicted molar refractivity (Wildman–Crippen MR) is 168 cm³/mol. The first-order valence-corrected chi connectivity index (χ1v) is 14.3. The van der Waals surface area contributed by atoms with Crippen molar-refractivity contribution in [1.29, 1.82) is 0 Å². The summed E-state index contributed by atoms with van der Waals surface area (Å²) in [4.78, 5) is 14.8. The summed E-state index contributed by atoms with van der Waals surface area (Å²) >= 11 is 0. The van der Waals surface area contributed by atoms with Crippen molar-refractivity contribution >= 4 is 10.9 Å². The Morgan fingerprint density at radius 1 is 0.905 bits per heavy atom. The number of aromatic amines is 2. The Bertz CT molecular complexity index is 1820. The first-order valence-electron chi connectivity index (χ1n) is 14.3. The molecule has 4 aromatic carbocycles. The normalized spacial score (nSPS) is 16.3. The molecule has 0 radical (unpaired) electrons. The predicted octanol–water partition coefficient (Wildman–Crippen LogP) is 7.52. The maximum Gasteiger partial charge on any atom is 0.129 e. The first-order chi connectivity index (χ1) is 20.7. The fourth-order valence-corrected chi connectivity index (χ4v) is 6.13. The zero-order valence-corrected chi connectivity index (χ0v) is 23.5. The molecule has 0 spiro atoms. The molecule has 1 aliphatic rings. The quantitative estimate of drug-likeness (QED) is 0.183. The van der Waals surface area contributed by atoms with Gasteiger partial charge in [0.05, 0.1) is 36.9 Å². The minimum Gasteiger partial charge on any atom is -0.497 e. The van der Waals surface area contributed by atoms with E-state index in [0.29, 0.717) is 6.54 Å². The standard InChI is InChI=1S/C36H33N5O/c1-24(37-22-25-11-5-3-6-12-25)41-33(36-38-23-32(40-36)26-13-7-4-8-14-26)21-30-29-15-9-10-16-31(29)39-34(30)35(41)27-17-19-28(42-2)20-18-27/h3-20,23,33,35,37,39H,1,21-22H2,2H3,(H,38,40)/t33-,35?/m0/s1. The average Bonchev–Trinajstić information content (AvgIpc) is 3.69. The van der Waals surface area contributed by atoms with Crippen LogP contribution in [0.4, 0.5) is 0 Å². The Hall–Kier alpha value is -5.23. The monoisotopic (exact) mass is 551 g/mol. The molecule has 0 amide bonds. The molecule has 0 fully saturated rings. The molecule has 42 heavy (non-hydrogen) atoms. The third-order valence-electron chi connectivity index (χ3n) is 8.21. The van der Waals surface area contributed by atoms with Crippen LogP contribution >= 0.6 is 0 Å². The van der Waals surface area contributed by atoms with E-state index in [1.54, 1.807) is 7.11 Å². The molecule has 6 nitrogen and oxygen atoms in total. The van der Waals surface area contributed by atoms with Crippen molar-refractivity contribution in [2.24, 2.45) is 0 Å². The van der Waals surface area contributed by atoms with Crippen molar-refractivity contribution in [2.75, 3.05) is 7.11 Å². The lowest BCUT2D eigenvalue weighted by atomic mass is 9.87. The number of aromatic nitrogens is 3. The van der Waals surface area contributed by atoms with Gasteiger partial charge in [0, 0.05) is 29.6 Å². The summed E-state index contributed by atoms with van der Waals surface area (Å²) in [5, 5.41) is 4.89. The van der Waals surface area contributed by atoms with Crippen LogP contribution in [0.15, 0.2) is 128 Å². The summed E-state index contributed by atoms with van der Waals surface area (Å²) in [5.74, 6) is 2.58. The van der Waals surface area contributed by atoms with Crippen LogP contribution in [0, 0.1) is 0 Å². The van der Waals surface area contributed by atoms with Gasteiger partial charge < -0.3 is 24.9 Å². The highest BCUT2D eigenvalue weighted by Gasteiger charge is 2.40. The summed E-state index contributed by atoms with van der Waals surface area (Å²) < 4.78 is 5.50. The molecule has 0 aliphatic carbocycles. The van der Waals surface area contributed by atoms with Crippen molar-refractivity contribution in [1.82, 2.24) is 25.2 Å². The van der Waals surface area contributed by atoms with Gasteiger partial charge in [0.2, 0.25) is 0 Å². The van der Waals surface area contributed by atoms with E-state index in [1.807, 2.05) is 30.5 Å². The highest BCUT2D eigenvalue weighted by molar-refractivity contribution is 5.85. The number of para-hydroxylation sites is 1. The molecule has 6 heteroatoms. The fraction of sp³-hybridized carbons (Fsp3) is 0.139. The summed E-state index contributed by atoms with van der Waals surface area (Å²) in [6.07, 6.45) is 2.72. The van der Waals surface area contributed by atoms with Crippen LogP contribution in [0.3, 0.4) is 0 Å². The van der Waals surface area contributed by atoms with Crippen LogP contribution in [0.1, 0.15) is 40.3 Å². The minimum atomic E-state index is -0.127. The lowest BCUT2D eigenvalue weighted by molar-refractivity contribution is 0.168. The number of ether oxygens (including phenoxy) is 1. The number of fused-ring (bicyclic) bond motifs is 3. The van der Waals surface area contributed by atoms with Gasteiger partial charge in [-0.05, 0) is 40.5 Å². The van der Waals surface area contributed by atoms with E-state index >= 15 is 0 Å². The van der Waals surface area contributed by atoms with Crippen LogP contribution in [0.5, 0.6) is 5.75 Å². The number of nitrogens with one attached hydrogen (secondary N) is 3. The SMILES string of the molecule is C=C(NCc1ccccc1)N1C(c2ccc(OC)cc2)c2[nH]c3ccccc3c2C[C@H]1c1ncc(-c2ccccc2)[nH]1. The molecular formula is C36H33N5O. The highest BCUT2D eigenvalue weighted by atomic mass is 16.5. The number of methoxy groups -OCH3 is 1. The van der Waals surface area contributed by atoms with Gasteiger partial charge in [-0.25, -0.2) is 4.98 Å². The summed E-state index contributed by atoms with van der Waals surface area (Å²) in [7, 11) is 1.70. The highest BCUT2D eigenvalue weighted by Crippen LogP contribution is 2.47. The third kappa shape index (κ3) is 4.71. The Balaban J connectivity index is 1.37. The zero-order valence-electron chi connectivity index (χ0n) is 23.5. The molecule has 3 N–H and O–H groups in total. The van der Waals surface area contributed by atoms with Gasteiger partial charge in [-0.1, -0.05) is 97.6 Å². The van der Waals surface area contributed by atoms with Crippen molar-refractivity contribution in [3.05, 3.63) is 156 Å². The molecule has 1 unspecified atom stereocenters. The molecule has 7 rings (SSSR count). The molecule has 3 heterocycles. The second-order valence-electron chi connectivity index (χ2n) is 10.7. The number of H-pyrrole nitrogens is 2. The van der Waals surface area contributed by atoms with E-state index < -0.39 is 0 Å². The number of hydrogen-bond acceptors (Lipinski definition) is 4. The van der Waals surface area contributed by atoms with Crippen LogP contribution in [0.25, 0.3) is 22.2 Å². The first kappa shape index (κ1) is 25.7. The van der Waals surface area contributed by atoms with E-state index in [2.05, 4.69) is 112 Å². The minimum absolute atomic E-state index is 0.0861. The second-order valence-corrected chi connectivity index (χ2v) is 10.7. The van der Waals surface area contributed by atoms with Crippen molar-refractivity contribution in [3.8, 4) is 17.0 Å². The van der Waals surface area contributed by atoms with Gasteiger partial charge in [0.1, 0.15) is 11.6 Å². The van der Waals surface area contributed by atoms with Gasteiger partial charge in [0.25, 0.3) is 0 Å². The molecule has 0 saturated heterocycles. The lowest BCUT2D eigenvalue weighted by Crippen LogP contribution is -2.42. The number of imidazole rings is 1. The number of rotatable bonds is 8. The molecule has 6 aromatic rings. The average molecular weight is 552 g/mol. The number of hydrogen-bond donors (Lipinski definition) is 3. The van der Waals surface area contributed by atoms with E-state index in [9.17, 15) is 0 Å². The second kappa shape index (κ2) is 11.0. The zero-order chi connectivity index (χ0) is 28.5. The van der Waals surface area contributed by atoms with Gasteiger partial charge in [-0.3, -0.25) is 0 Å². The largest absolute Gasteiger partial charge is 0.497 e.